The Labute approximate surface area is 118 Å². The molecule has 0 aromatic carbocycles. The first kappa shape index (κ1) is 13.5. The average molecular weight is 281 g/mol. The van der Waals surface area contributed by atoms with Gasteiger partial charge in [0.2, 0.25) is 0 Å². The van der Waals surface area contributed by atoms with Crippen LogP contribution in [-0.4, -0.2) is 36.7 Å². The van der Waals surface area contributed by atoms with Crippen LogP contribution >= 0.6 is 11.3 Å². The number of ether oxygens (including phenoxy) is 1. The van der Waals surface area contributed by atoms with Gasteiger partial charge in [0.25, 0.3) is 0 Å². The molecule has 0 bridgehead atoms. The summed E-state index contributed by atoms with van der Waals surface area (Å²) in [6, 6.07) is 2.44. The minimum absolute atomic E-state index is 0.180. The smallest absolute Gasteiger partial charge is 0.0652 e. The van der Waals surface area contributed by atoms with Crippen LogP contribution in [0.25, 0.3) is 0 Å². The zero-order valence-corrected chi connectivity index (χ0v) is 12.1. The van der Waals surface area contributed by atoms with E-state index in [1.807, 2.05) is 0 Å². The van der Waals surface area contributed by atoms with Crippen molar-refractivity contribution in [3.63, 3.8) is 0 Å². The van der Waals surface area contributed by atoms with E-state index >= 15 is 0 Å². The van der Waals surface area contributed by atoms with Crippen molar-refractivity contribution in [3.8, 4) is 0 Å². The van der Waals surface area contributed by atoms with Crippen molar-refractivity contribution >= 4 is 11.3 Å². The molecule has 1 atom stereocenters. The van der Waals surface area contributed by atoms with Gasteiger partial charge in [-0.3, -0.25) is 16.2 Å². The lowest BCUT2D eigenvalue weighted by atomic mass is 9.83. The molecule has 1 saturated carbocycles. The summed E-state index contributed by atoms with van der Waals surface area (Å²) in [7, 11) is 0. The number of nitrogens with zero attached hydrogens (tertiary/aromatic N) is 1. The maximum atomic E-state index is 5.93. The summed E-state index contributed by atoms with van der Waals surface area (Å²) in [5.41, 5.74) is 4.62. The molecular formula is C14H23N3OS. The predicted octanol–water partition coefficient (Wildman–Crippen LogP) is 1.90. The molecule has 3 N–H and O–H groups in total. The van der Waals surface area contributed by atoms with Crippen LogP contribution in [0.3, 0.4) is 0 Å². The lowest BCUT2D eigenvalue weighted by Crippen LogP contribution is -2.59. The Balaban J connectivity index is 1.89. The Morgan fingerprint density at radius 2 is 2.05 bits per heavy atom. The zero-order chi connectivity index (χ0) is 13.1. The van der Waals surface area contributed by atoms with Crippen molar-refractivity contribution in [1.29, 1.82) is 0 Å². The highest BCUT2D eigenvalue weighted by Gasteiger charge is 2.46. The fourth-order valence-electron chi connectivity index (χ4n) is 3.78. The second kappa shape index (κ2) is 5.89. The molecule has 1 aromatic rings. The van der Waals surface area contributed by atoms with E-state index in [0.717, 1.165) is 26.3 Å². The van der Waals surface area contributed by atoms with E-state index in [4.69, 9.17) is 10.6 Å². The van der Waals surface area contributed by atoms with E-state index in [1.54, 1.807) is 11.3 Å². The normalized spacial score (nSPS) is 25.5. The third kappa shape index (κ3) is 2.45. The summed E-state index contributed by atoms with van der Waals surface area (Å²) in [5, 5.41) is 4.37. The fraction of sp³-hybridized carbons (Fsp3) is 0.714. The molecule has 3 rings (SSSR count). The van der Waals surface area contributed by atoms with Crippen LogP contribution in [0.2, 0.25) is 0 Å². The van der Waals surface area contributed by atoms with Crippen molar-refractivity contribution in [2.75, 3.05) is 26.3 Å². The molecule has 1 aromatic heterocycles. The van der Waals surface area contributed by atoms with Gasteiger partial charge >= 0.3 is 0 Å². The van der Waals surface area contributed by atoms with Crippen LogP contribution in [0, 0.1) is 0 Å². The van der Waals surface area contributed by atoms with Crippen LogP contribution < -0.4 is 11.3 Å². The van der Waals surface area contributed by atoms with Crippen LogP contribution in [0.4, 0.5) is 0 Å². The fourth-order valence-corrected chi connectivity index (χ4v) is 4.47. The minimum Gasteiger partial charge on any atom is -0.379 e. The van der Waals surface area contributed by atoms with Crippen LogP contribution in [0.15, 0.2) is 16.8 Å². The molecule has 1 saturated heterocycles. The first-order chi connectivity index (χ1) is 9.37. The summed E-state index contributed by atoms with van der Waals surface area (Å²) in [5.74, 6) is 5.93. The standard InChI is InChI=1S/C14H23N3OS/c15-16-13(12-3-10-19-11-12)14(4-1-2-5-14)17-6-8-18-9-7-17/h3,10-11,13,16H,1-2,4-9,15H2. The Morgan fingerprint density at radius 1 is 1.32 bits per heavy atom. The van der Waals surface area contributed by atoms with Gasteiger partial charge < -0.3 is 4.74 Å². The number of nitrogens with two attached hydrogens (primary N) is 1. The quantitative estimate of drug-likeness (QED) is 0.654. The van der Waals surface area contributed by atoms with E-state index in [2.05, 4.69) is 27.2 Å². The number of thiophene rings is 1. The number of nitrogens with one attached hydrogen (secondary N) is 1. The second-order valence-corrected chi connectivity index (χ2v) is 6.35. The molecule has 19 heavy (non-hydrogen) atoms. The summed E-state index contributed by atoms with van der Waals surface area (Å²) in [4.78, 5) is 2.62. The van der Waals surface area contributed by atoms with Crippen molar-refractivity contribution in [2.24, 2.45) is 5.84 Å². The van der Waals surface area contributed by atoms with Gasteiger partial charge in [-0.2, -0.15) is 11.3 Å². The SMILES string of the molecule is NNC(c1ccsc1)C1(N2CCOCC2)CCCC1. The lowest BCUT2D eigenvalue weighted by molar-refractivity contribution is -0.0363. The molecule has 0 amide bonds. The van der Waals surface area contributed by atoms with Gasteiger partial charge in [0.05, 0.1) is 19.3 Å². The van der Waals surface area contributed by atoms with E-state index in [-0.39, 0.29) is 11.6 Å². The van der Waals surface area contributed by atoms with E-state index in [1.165, 1.54) is 31.2 Å². The Kier molecular flexibility index (Phi) is 4.19. The number of morpholine rings is 1. The first-order valence-corrected chi connectivity index (χ1v) is 8.12. The molecule has 5 heteroatoms. The van der Waals surface area contributed by atoms with Gasteiger partial charge in [0.1, 0.15) is 0 Å². The second-order valence-electron chi connectivity index (χ2n) is 5.57. The van der Waals surface area contributed by atoms with Crippen LogP contribution in [0.1, 0.15) is 37.3 Å². The molecule has 2 aliphatic rings. The lowest BCUT2D eigenvalue weighted by Gasteiger charge is -2.48. The Bertz CT molecular complexity index is 383. The highest BCUT2D eigenvalue weighted by atomic mass is 32.1. The molecule has 0 spiro atoms. The van der Waals surface area contributed by atoms with E-state index in [9.17, 15) is 0 Å². The maximum absolute atomic E-state index is 5.93. The van der Waals surface area contributed by atoms with Crippen LogP contribution in [-0.2, 0) is 4.74 Å². The summed E-state index contributed by atoms with van der Waals surface area (Å²) in [6.45, 7) is 3.76. The molecule has 2 fully saturated rings. The minimum atomic E-state index is 0.180. The average Bonchev–Trinajstić information content (AvgIpc) is 3.13. The largest absolute Gasteiger partial charge is 0.379 e. The molecule has 2 heterocycles. The highest BCUT2D eigenvalue weighted by molar-refractivity contribution is 7.07. The highest BCUT2D eigenvalue weighted by Crippen LogP contribution is 2.44. The van der Waals surface area contributed by atoms with E-state index < -0.39 is 0 Å². The van der Waals surface area contributed by atoms with Gasteiger partial charge in [-0.25, -0.2) is 0 Å². The molecule has 1 aliphatic heterocycles. The van der Waals surface area contributed by atoms with E-state index in [0.29, 0.717) is 0 Å². The third-order valence-corrected chi connectivity index (χ3v) is 5.39. The van der Waals surface area contributed by atoms with Gasteiger partial charge in [0, 0.05) is 18.6 Å². The predicted molar refractivity (Wildman–Crippen MR) is 78.0 cm³/mol. The number of rotatable bonds is 4. The summed E-state index contributed by atoms with van der Waals surface area (Å²) in [6.07, 6.45) is 5.08. The monoisotopic (exact) mass is 281 g/mol. The number of hydrogen-bond donors (Lipinski definition) is 2. The molecule has 4 nitrogen and oxygen atoms in total. The maximum Gasteiger partial charge on any atom is 0.0652 e. The molecule has 0 radical (unpaired) electrons. The summed E-state index contributed by atoms with van der Waals surface area (Å²) < 4.78 is 5.52. The summed E-state index contributed by atoms with van der Waals surface area (Å²) >= 11 is 1.75. The third-order valence-electron chi connectivity index (χ3n) is 4.69. The molecule has 1 aliphatic carbocycles. The van der Waals surface area contributed by atoms with Crippen molar-refractivity contribution in [1.82, 2.24) is 10.3 Å². The van der Waals surface area contributed by atoms with Gasteiger partial charge in [-0.1, -0.05) is 12.8 Å². The zero-order valence-electron chi connectivity index (χ0n) is 11.3. The van der Waals surface area contributed by atoms with Gasteiger partial charge in [-0.15, -0.1) is 0 Å². The Morgan fingerprint density at radius 3 is 2.63 bits per heavy atom. The van der Waals surface area contributed by atoms with Gasteiger partial charge in [0.15, 0.2) is 0 Å². The van der Waals surface area contributed by atoms with Gasteiger partial charge in [-0.05, 0) is 35.2 Å². The topological polar surface area (TPSA) is 50.5 Å². The van der Waals surface area contributed by atoms with Crippen molar-refractivity contribution in [2.45, 2.75) is 37.3 Å². The molecule has 1 unspecified atom stereocenters. The number of hydrazine groups is 1. The van der Waals surface area contributed by atoms with Crippen molar-refractivity contribution < 1.29 is 4.74 Å². The number of hydrogen-bond acceptors (Lipinski definition) is 5. The van der Waals surface area contributed by atoms with Crippen LogP contribution in [0.5, 0.6) is 0 Å². The molecule has 106 valence electrons. The Hall–Kier alpha value is -0.460. The molecular weight excluding hydrogens is 258 g/mol. The first-order valence-electron chi connectivity index (χ1n) is 7.18. The van der Waals surface area contributed by atoms with Crippen molar-refractivity contribution in [3.05, 3.63) is 22.4 Å².